The van der Waals surface area contributed by atoms with Crippen molar-refractivity contribution in [3.63, 3.8) is 0 Å². The third kappa shape index (κ3) is 7.59. The molecule has 2 aliphatic rings. The number of aliphatic hydroxyl groups excluding tert-OH is 1. The summed E-state index contributed by atoms with van der Waals surface area (Å²) in [5.74, 6) is 1.07. The summed E-state index contributed by atoms with van der Waals surface area (Å²) in [4.78, 5) is 10.4. The van der Waals surface area contributed by atoms with E-state index in [-0.39, 0.29) is 12.1 Å². The standard InChI is InChI=1S/C17H21ClN4O2.C5H10O2/c1-12-10-13(16-14(18)11-20-17(19)21-16)2-3-15(12)24-9-6-22-4-7-23-8-5-22;6-5-2-1-3-7-4-5/h2-3,10-11H,4-9H2,1H3,(H2,19,20,21);5-6H,1-4H2. The Morgan fingerprint density at radius 3 is 2.71 bits per heavy atom. The Morgan fingerprint density at radius 1 is 1.26 bits per heavy atom. The predicted octanol–water partition coefficient (Wildman–Crippen LogP) is 2.56. The Morgan fingerprint density at radius 2 is 2.06 bits per heavy atom. The summed E-state index contributed by atoms with van der Waals surface area (Å²) >= 11 is 6.16. The Labute approximate surface area is 188 Å². The molecular weight excluding hydrogens is 420 g/mol. The largest absolute Gasteiger partial charge is 0.492 e. The smallest absolute Gasteiger partial charge is 0.220 e. The third-order valence-corrected chi connectivity index (χ3v) is 5.39. The molecule has 8 nitrogen and oxygen atoms in total. The molecule has 0 radical (unpaired) electrons. The van der Waals surface area contributed by atoms with Crippen LogP contribution in [0.3, 0.4) is 0 Å². The van der Waals surface area contributed by atoms with E-state index in [1.807, 2.05) is 25.1 Å². The maximum Gasteiger partial charge on any atom is 0.220 e. The zero-order valence-electron chi connectivity index (χ0n) is 17.9. The van der Waals surface area contributed by atoms with Crippen molar-refractivity contribution in [2.24, 2.45) is 0 Å². The summed E-state index contributed by atoms with van der Waals surface area (Å²) < 4.78 is 16.2. The van der Waals surface area contributed by atoms with Gasteiger partial charge in [-0.1, -0.05) is 11.6 Å². The van der Waals surface area contributed by atoms with Crippen LogP contribution in [0.4, 0.5) is 5.95 Å². The van der Waals surface area contributed by atoms with Crippen molar-refractivity contribution in [1.82, 2.24) is 14.9 Å². The summed E-state index contributed by atoms with van der Waals surface area (Å²) in [6.45, 7) is 8.47. The molecule has 2 aromatic rings. The van der Waals surface area contributed by atoms with Gasteiger partial charge in [-0.25, -0.2) is 9.97 Å². The number of aromatic nitrogens is 2. The van der Waals surface area contributed by atoms with Crippen LogP contribution in [-0.4, -0.2) is 78.7 Å². The maximum absolute atomic E-state index is 8.78. The molecule has 9 heteroatoms. The van der Waals surface area contributed by atoms with Gasteiger partial charge in [0.05, 0.1) is 42.8 Å². The zero-order chi connectivity index (χ0) is 22.1. The number of rotatable bonds is 5. The number of aryl methyl sites for hydroxylation is 1. The van der Waals surface area contributed by atoms with E-state index < -0.39 is 0 Å². The quantitative estimate of drug-likeness (QED) is 0.716. The first-order chi connectivity index (χ1) is 15.0. The van der Waals surface area contributed by atoms with Crippen LogP contribution in [0.5, 0.6) is 5.75 Å². The first-order valence-corrected chi connectivity index (χ1v) is 11.0. The monoisotopic (exact) mass is 450 g/mol. The molecule has 4 rings (SSSR count). The molecule has 0 aliphatic carbocycles. The second-order valence-electron chi connectivity index (χ2n) is 7.58. The number of nitrogen functional groups attached to an aromatic ring is 1. The molecule has 0 amide bonds. The number of hydrogen-bond acceptors (Lipinski definition) is 8. The average molecular weight is 451 g/mol. The SMILES string of the molecule is Cc1cc(-c2nc(N)ncc2Cl)ccc1OCCN1CCOCC1.OC1CCCOC1. The van der Waals surface area contributed by atoms with Crippen LogP contribution >= 0.6 is 11.6 Å². The fourth-order valence-electron chi connectivity index (χ4n) is 3.38. The van der Waals surface area contributed by atoms with Crippen LogP contribution in [0.2, 0.25) is 5.02 Å². The Bertz CT molecular complexity index is 827. The predicted molar refractivity (Wildman–Crippen MR) is 120 cm³/mol. The van der Waals surface area contributed by atoms with Gasteiger partial charge in [0.2, 0.25) is 5.95 Å². The molecule has 1 aromatic carbocycles. The number of aliphatic hydroxyl groups is 1. The molecule has 31 heavy (non-hydrogen) atoms. The van der Waals surface area contributed by atoms with Gasteiger partial charge in [-0.3, -0.25) is 4.90 Å². The summed E-state index contributed by atoms with van der Waals surface area (Å²) in [7, 11) is 0. The van der Waals surface area contributed by atoms with E-state index in [1.54, 1.807) is 0 Å². The molecule has 1 atom stereocenters. The average Bonchev–Trinajstić information content (AvgIpc) is 2.78. The van der Waals surface area contributed by atoms with Gasteiger partial charge in [0.25, 0.3) is 0 Å². The number of nitrogens with zero attached hydrogens (tertiary/aromatic N) is 3. The van der Waals surface area contributed by atoms with Crippen LogP contribution in [-0.2, 0) is 9.47 Å². The first-order valence-electron chi connectivity index (χ1n) is 10.6. The molecule has 2 fully saturated rings. The number of anilines is 1. The van der Waals surface area contributed by atoms with Crippen molar-refractivity contribution in [1.29, 1.82) is 0 Å². The molecule has 1 aromatic heterocycles. The van der Waals surface area contributed by atoms with E-state index in [4.69, 9.17) is 36.7 Å². The number of hydrogen-bond donors (Lipinski definition) is 2. The van der Waals surface area contributed by atoms with E-state index in [0.717, 1.165) is 69.2 Å². The summed E-state index contributed by atoms with van der Waals surface area (Å²) in [5.41, 5.74) is 8.21. The fourth-order valence-corrected chi connectivity index (χ4v) is 3.58. The van der Waals surface area contributed by atoms with Gasteiger partial charge in [-0.05, 0) is 43.5 Å². The van der Waals surface area contributed by atoms with Gasteiger partial charge < -0.3 is 25.1 Å². The van der Waals surface area contributed by atoms with Crippen LogP contribution in [0.15, 0.2) is 24.4 Å². The lowest BCUT2D eigenvalue weighted by molar-refractivity contribution is -0.00535. The van der Waals surface area contributed by atoms with Gasteiger partial charge in [0, 0.05) is 31.8 Å². The van der Waals surface area contributed by atoms with Crippen LogP contribution in [0, 0.1) is 6.92 Å². The minimum absolute atomic E-state index is 0.186. The highest BCUT2D eigenvalue weighted by atomic mass is 35.5. The molecular formula is C22H31ClN4O4. The second kappa shape index (κ2) is 12.2. The van der Waals surface area contributed by atoms with E-state index in [0.29, 0.717) is 23.9 Å². The number of halogens is 1. The van der Waals surface area contributed by atoms with Crippen LogP contribution in [0.25, 0.3) is 11.3 Å². The summed E-state index contributed by atoms with van der Waals surface area (Å²) in [5, 5.41) is 9.26. The highest BCUT2D eigenvalue weighted by Crippen LogP contribution is 2.29. The van der Waals surface area contributed by atoms with Crippen LogP contribution < -0.4 is 10.5 Å². The maximum atomic E-state index is 8.78. The van der Waals surface area contributed by atoms with Crippen LogP contribution in [0.1, 0.15) is 18.4 Å². The van der Waals surface area contributed by atoms with E-state index in [2.05, 4.69) is 14.9 Å². The van der Waals surface area contributed by atoms with Gasteiger partial charge in [-0.15, -0.1) is 0 Å². The van der Waals surface area contributed by atoms with E-state index >= 15 is 0 Å². The third-order valence-electron chi connectivity index (χ3n) is 5.12. The molecule has 1 unspecified atom stereocenters. The normalized spacial score (nSPS) is 19.4. The lowest BCUT2D eigenvalue weighted by Gasteiger charge is -2.26. The number of morpholine rings is 1. The minimum atomic E-state index is -0.186. The highest BCUT2D eigenvalue weighted by Gasteiger charge is 2.12. The van der Waals surface area contributed by atoms with Crippen molar-refractivity contribution in [2.75, 3.05) is 58.4 Å². The lowest BCUT2D eigenvalue weighted by Crippen LogP contribution is -2.38. The van der Waals surface area contributed by atoms with Crippen molar-refractivity contribution >= 4 is 17.5 Å². The molecule has 3 N–H and O–H groups in total. The fraction of sp³-hybridized carbons (Fsp3) is 0.545. The molecule has 170 valence electrons. The number of benzene rings is 1. The molecule has 0 saturated carbocycles. The van der Waals surface area contributed by atoms with Gasteiger partial charge in [-0.2, -0.15) is 0 Å². The van der Waals surface area contributed by atoms with Crippen molar-refractivity contribution < 1.29 is 19.3 Å². The zero-order valence-corrected chi connectivity index (χ0v) is 18.7. The molecule has 2 aliphatic heterocycles. The number of nitrogens with two attached hydrogens (primary N) is 1. The van der Waals surface area contributed by atoms with E-state index in [9.17, 15) is 0 Å². The van der Waals surface area contributed by atoms with Crippen molar-refractivity contribution in [2.45, 2.75) is 25.9 Å². The second-order valence-corrected chi connectivity index (χ2v) is 7.99. The minimum Gasteiger partial charge on any atom is -0.492 e. The number of ether oxygens (including phenoxy) is 3. The van der Waals surface area contributed by atoms with Crippen molar-refractivity contribution in [3.05, 3.63) is 35.0 Å². The summed E-state index contributed by atoms with van der Waals surface area (Å²) in [6, 6.07) is 5.88. The van der Waals surface area contributed by atoms with Gasteiger partial charge in [0.1, 0.15) is 12.4 Å². The molecule has 0 spiro atoms. The molecule has 0 bridgehead atoms. The first kappa shape index (κ1) is 23.7. The van der Waals surface area contributed by atoms with E-state index in [1.165, 1.54) is 6.20 Å². The van der Waals surface area contributed by atoms with Gasteiger partial charge in [0.15, 0.2) is 0 Å². The van der Waals surface area contributed by atoms with Crippen molar-refractivity contribution in [3.8, 4) is 17.0 Å². The molecule has 3 heterocycles. The molecule has 2 saturated heterocycles. The summed E-state index contributed by atoms with van der Waals surface area (Å²) in [6.07, 6.45) is 3.26. The topological polar surface area (TPSA) is 103 Å². The van der Waals surface area contributed by atoms with Gasteiger partial charge >= 0.3 is 0 Å². The lowest BCUT2D eigenvalue weighted by atomic mass is 10.1. The Balaban J connectivity index is 0.000000330. The Kier molecular flexibility index (Phi) is 9.30. The Hall–Kier alpha value is -1.97. The highest BCUT2D eigenvalue weighted by molar-refractivity contribution is 6.32.